The van der Waals surface area contributed by atoms with Gasteiger partial charge in [0.2, 0.25) is 0 Å². The van der Waals surface area contributed by atoms with Crippen LogP contribution >= 0.6 is 0 Å². The molecule has 0 aliphatic heterocycles. The number of carboxylic acids is 2. The maximum absolute atomic E-state index is 11.2. The van der Waals surface area contributed by atoms with Crippen LogP contribution in [-0.2, 0) is 9.59 Å². The van der Waals surface area contributed by atoms with E-state index in [-0.39, 0.29) is 12.8 Å². The van der Waals surface area contributed by atoms with E-state index in [0.29, 0.717) is 12.8 Å². The molecule has 5 nitrogen and oxygen atoms in total. The number of hydrogen-bond donors (Lipinski definition) is 3. The Morgan fingerprint density at radius 2 is 1.87 bits per heavy atom. The topological polar surface area (TPSA) is 101 Å². The molecule has 1 fully saturated rings. The molecule has 1 aliphatic rings. The second kappa shape index (κ2) is 3.81. The molecule has 0 spiro atoms. The van der Waals surface area contributed by atoms with Gasteiger partial charge >= 0.3 is 11.9 Å². The molecule has 1 saturated carbocycles. The third kappa shape index (κ3) is 1.97. The zero-order chi connectivity index (χ0) is 11.7. The van der Waals surface area contributed by atoms with Gasteiger partial charge in [-0.25, -0.2) is 0 Å². The van der Waals surface area contributed by atoms with E-state index in [0.717, 1.165) is 6.42 Å². The molecule has 0 aromatic carbocycles. The first-order chi connectivity index (χ1) is 6.86. The summed E-state index contributed by atoms with van der Waals surface area (Å²) < 4.78 is 0. The highest BCUT2D eigenvalue weighted by molar-refractivity contribution is 5.83. The van der Waals surface area contributed by atoms with Gasteiger partial charge in [-0.1, -0.05) is 13.3 Å². The Hall–Kier alpha value is -1.10. The molecule has 0 amide bonds. The number of aliphatic carboxylic acids is 2. The van der Waals surface area contributed by atoms with Gasteiger partial charge in [0.05, 0.1) is 5.41 Å². The van der Waals surface area contributed by atoms with E-state index in [1.54, 1.807) is 0 Å². The summed E-state index contributed by atoms with van der Waals surface area (Å²) in [5, 5.41) is 18.1. The molecule has 2 atom stereocenters. The van der Waals surface area contributed by atoms with E-state index in [1.807, 2.05) is 6.92 Å². The first-order valence-corrected chi connectivity index (χ1v) is 5.12. The molecule has 1 rings (SSSR count). The molecule has 15 heavy (non-hydrogen) atoms. The van der Waals surface area contributed by atoms with Gasteiger partial charge < -0.3 is 15.9 Å². The van der Waals surface area contributed by atoms with Gasteiger partial charge in [-0.2, -0.15) is 0 Å². The molecular weight excluding hydrogens is 198 g/mol. The second-order valence-electron chi connectivity index (χ2n) is 4.47. The quantitative estimate of drug-likeness (QED) is 0.644. The molecule has 0 saturated heterocycles. The van der Waals surface area contributed by atoms with E-state index in [4.69, 9.17) is 15.9 Å². The van der Waals surface area contributed by atoms with Gasteiger partial charge in [0.15, 0.2) is 0 Å². The fourth-order valence-electron chi connectivity index (χ4n) is 2.41. The Morgan fingerprint density at radius 3 is 2.20 bits per heavy atom. The highest BCUT2D eigenvalue weighted by Crippen LogP contribution is 2.46. The second-order valence-corrected chi connectivity index (χ2v) is 4.47. The molecule has 5 heteroatoms. The summed E-state index contributed by atoms with van der Waals surface area (Å²) in [5.74, 6) is -2.01. The van der Waals surface area contributed by atoms with Crippen LogP contribution in [0.5, 0.6) is 0 Å². The van der Waals surface area contributed by atoms with Crippen molar-refractivity contribution in [3.8, 4) is 0 Å². The number of carbonyl (C=O) groups is 2. The van der Waals surface area contributed by atoms with E-state index in [9.17, 15) is 9.59 Å². The molecule has 0 aromatic rings. The zero-order valence-corrected chi connectivity index (χ0v) is 8.82. The summed E-state index contributed by atoms with van der Waals surface area (Å²) in [5.41, 5.74) is 3.40. The van der Waals surface area contributed by atoms with Crippen LogP contribution < -0.4 is 5.73 Å². The lowest BCUT2D eigenvalue weighted by Crippen LogP contribution is -2.47. The molecule has 86 valence electrons. The minimum atomic E-state index is -1.35. The highest BCUT2D eigenvalue weighted by atomic mass is 16.4. The first kappa shape index (κ1) is 12.0. The fraction of sp³-hybridized carbons (Fsp3) is 0.800. The van der Waals surface area contributed by atoms with Crippen LogP contribution in [0.4, 0.5) is 0 Å². The summed E-state index contributed by atoms with van der Waals surface area (Å²) >= 11 is 0. The van der Waals surface area contributed by atoms with E-state index in [2.05, 4.69) is 0 Å². The number of carboxylic acid groups (broad SMARTS) is 2. The predicted molar refractivity (Wildman–Crippen MR) is 53.4 cm³/mol. The van der Waals surface area contributed by atoms with Crippen molar-refractivity contribution in [1.82, 2.24) is 0 Å². The smallest absolute Gasteiger partial charge is 0.323 e. The van der Waals surface area contributed by atoms with Crippen molar-refractivity contribution in [3.63, 3.8) is 0 Å². The summed E-state index contributed by atoms with van der Waals surface area (Å²) in [6.07, 6.45) is 1.86. The molecule has 0 aromatic heterocycles. The standard InChI is InChI=1S/C10H17NO4/c1-2-3-9(7(12)13)4-5-10(11,6-9)8(14)15/h2-6,11H2,1H3,(H,12,13)(H,14,15)/t9-,10-/m0/s1. The average Bonchev–Trinajstić information content (AvgIpc) is 2.47. The van der Waals surface area contributed by atoms with E-state index < -0.39 is 22.9 Å². The van der Waals surface area contributed by atoms with Crippen molar-refractivity contribution in [3.05, 3.63) is 0 Å². The fourth-order valence-corrected chi connectivity index (χ4v) is 2.41. The Labute approximate surface area is 88.3 Å². The lowest BCUT2D eigenvalue weighted by Gasteiger charge is -2.25. The predicted octanol–water partition coefficient (Wildman–Crippen LogP) is 0.823. The highest BCUT2D eigenvalue weighted by Gasteiger charge is 2.53. The summed E-state index contributed by atoms with van der Waals surface area (Å²) in [7, 11) is 0. The molecule has 1 aliphatic carbocycles. The molecule has 0 bridgehead atoms. The Morgan fingerprint density at radius 1 is 1.27 bits per heavy atom. The number of hydrogen-bond acceptors (Lipinski definition) is 3. The minimum Gasteiger partial charge on any atom is -0.481 e. The van der Waals surface area contributed by atoms with Crippen LogP contribution in [0.2, 0.25) is 0 Å². The van der Waals surface area contributed by atoms with Crippen LogP contribution in [0.3, 0.4) is 0 Å². The van der Waals surface area contributed by atoms with Crippen molar-refractivity contribution in [2.45, 2.75) is 44.6 Å². The lowest BCUT2D eigenvalue weighted by atomic mass is 9.80. The molecule has 0 radical (unpaired) electrons. The minimum absolute atomic E-state index is 0.0402. The van der Waals surface area contributed by atoms with Crippen molar-refractivity contribution in [1.29, 1.82) is 0 Å². The van der Waals surface area contributed by atoms with Crippen molar-refractivity contribution in [2.24, 2.45) is 11.1 Å². The van der Waals surface area contributed by atoms with E-state index in [1.165, 1.54) is 0 Å². The van der Waals surface area contributed by atoms with Crippen LogP contribution in [0, 0.1) is 5.41 Å². The third-order valence-corrected chi connectivity index (χ3v) is 3.31. The average molecular weight is 215 g/mol. The van der Waals surface area contributed by atoms with Gasteiger partial charge in [0.1, 0.15) is 5.54 Å². The normalized spacial score (nSPS) is 35.3. The third-order valence-electron chi connectivity index (χ3n) is 3.31. The Balaban J connectivity index is 2.89. The van der Waals surface area contributed by atoms with E-state index >= 15 is 0 Å². The van der Waals surface area contributed by atoms with Gasteiger partial charge in [-0.05, 0) is 25.7 Å². The maximum atomic E-state index is 11.2. The van der Waals surface area contributed by atoms with Gasteiger partial charge in [0, 0.05) is 0 Å². The van der Waals surface area contributed by atoms with Crippen LogP contribution in [-0.4, -0.2) is 27.7 Å². The number of rotatable bonds is 4. The van der Waals surface area contributed by atoms with Gasteiger partial charge in [-0.3, -0.25) is 9.59 Å². The first-order valence-electron chi connectivity index (χ1n) is 5.12. The molecule has 0 heterocycles. The van der Waals surface area contributed by atoms with Crippen LogP contribution in [0.25, 0.3) is 0 Å². The van der Waals surface area contributed by atoms with Crippen LogP contribution in [0.15, 0.2) is 0 Å². The Bertz CT molecular complexity index is 291. The van der Waals surface area contributed by atoms with Crippen molar-refractivity contribution in [2.75, 3.05) is 0 Å². The molecule has 4 N–H and O–H groups in total. The zero-order valence-electron chi connectivity index (χ0n) is 8.82. The van der Waals surface area contributed by atoms with Crippen molar-refractivity contribution >= 4 is 11.9 Å². The van der Waals surface area contributed by atoms with Gasteiger partial charge in [-0.15, -0.1) is 0 Å². The summed E-state index contributed by atoms with van der Waals surface area (Å²) in [6.45, 7) is 1.89. The Kier molecular flexibility index (Phi) is 3.04. The van der Waals surface area contributed by atoms with Crippen LogP contribution in [0.1, 0.15) is 39.0 Å². The van der Waals surface area contributed by atoms with Gasteiger partial charge in [0.25, 0.3) is 0 Å². The maximum Gasteiger partial charge on any atom is 0.323 e. The largest absolute Gasteiger partial charge is 0.481 e. The summed E-state index contributed by atoms with van der Waals surface area (Å²) in [4.78, 5) is 22.1. The van der Waals surface area contributed by atoms with Crippen molar-refractivity contribution < 1.29 is 19.8 Å². The SMILES string of the molecule is CCC[C@]1(C(=O)O)CC[C@@](N)(C(=O)O)C1. The number of nitrogens with two attached hydrogens (primary N) is 1. The monoisotopic (exact) mass is 215 g/mol. The lowest BCUT2D eigenvalue weighted by molar-refractivity contribution is -0.150. The summed E-state index contributed by atoms with van der Waals surface area (Å²) in [6, 6.07) is 0. The molecular formula is C10H17NO4. The molecule has 0 unspecified atom stereocenters.